The highest BCUT2D eigenvalue weighted by atomic mass is 16.5. The second-order valence-electron chi connectivity index (χ2n) is 4.97. The highest BCUT2D eigenvalue weighted by Gasteiger charge is 2.24. The number of nitrogens with zero attached hydrogens (tertiary/aromatic N) is 1. The number of carbonyl (C=O) groups is 1. The molecule has 0 aliphatic carbocycles. The second-order valence-corrected chi connectivity index (χ2v) is 4.97. The number of hydrogen-bond donors (Lipinski definition) is 1. The second kappa shape index (κ2) is 5.61. The molecule has 1 aromatic carbocycles. The molecule has 19 heavy (non-hydrogen) atoms. The largest absolute Gasteiger partial charge is 0.493 e. The van der Waals surface area contributed by atoms with Gasteiger partial charge in [-0.3, -0.25) is 4.90 Å². The zero-order valence-electron chi connectivity index (χ0n) is 11.8. The van der Waals surface area contributed by atoms with Crippen LogP contribution in [0.3, 0.4) is 0 Å². The SMILES string of the molecule is CCOc1cc2c(cc1C(=O)O)CC(C)N(CC)C2. The summed E-state index contributed by atoms with van der Waals surface area (Å²) in [6.07, 6.45) is 0.899. The molecule has 1 unspecified atom stereocenters. The summed E-state index contributed by atoms with van der Waals surface area (Å²) in [5.41, 5.74) is 2.60. The molecule has 4 heteroatoms. The van der Waals surface area contributed by atoms with Crippen molar-refractivity contribution in [1.29, 1.82) is 0 Å². The third-order valence-electron chi connectivity index (χ3n) is 3.75. The predicted octanol–water partition coefficient (Wildman–Crippen LogP) is 2.55. The number of carboxylic acid groups (broad SMARTS) is 1. The molecule has 0 aromatic heterocycles. The summed E-state index contributed by atoms with van der Waals surface area (Å²) in [7, 11) is 0. The Hall–Kier alpha value is -1.55. The van der Waals surface area contributed by atoms with Gasteiger partial charge in [-0.05, 0) is 50.1 Å². The van der Waals surface area contributed by atoms with Crippen LogP contribution in [0, 0.1) is 0 Å². The number of benzene rings is 1. The summed E-state index contributed by atoms with van der Waals surface area (Å²) in [5.74, 6) is -0.434. The molecule has 0 spiro atoms. The van der Waals surface area contributed by atoms with Crippen molar-refractivity contribution in [2.45, 2.75) is 39.8 Å². The average molecular weight is 263 g/mol. The van der Waals surface area contributed by atoms with Gasteiger partial charge in [0.05, 0.1) is 6.61 Å². The fraction of sp³-hybridized carbons (Fsp3) is 0.533. The van der Waals surface area contributed by atoms with E-state index in [1.807, 2.05) is 13.0 Å². The molecule has 0 fully saturated rings. The van der Waals surface area contributed by atoms with E-state index in [0.717, 1.165) is 25.1 Å². The Kier molecular flexibility index (Phi) is 4.10. The monoisotopic (exact) mass is 263 g/mol. The van der Waals surface area contributed by atoms with Crippen LogP contribution in [0.15, 0.2) is 12.1 Å². The number of rotatable bonds is 4. The summed E-state index contributed by atoms with van der Waals surface area (Å²) in [4.78, 5) is 13.7. The van der Waals surface area contributed by atoms with Crippen LogP contribution in [-0.2, 0) is 13.0 Å². The van der Waals surface area contributed by atoms with Crippen LogP contribution in [-0.4, -0.2) is 35.2 Å². The van der Waals surface area contributed by atoms with Gasteiger partial charge in [0, 0.05) is 12.6 Å². The van der Waals surface area contributed by atoms with Gasteiger partial charge in [-0.2, -0.15) is 0 Å². The Morgan fingerprint density at radius 1 is 1.42 bits per heavy atom. The minimum atomic E-state index is -0.920. The molecule has 1 aromatic rings. The van der Waals surface area contributed by atoms with E-state index in [2.05, 4.69) is 18.7 Å². The van der Waals surface area contributed by atoms with Crippen molar-refractivity contribution in [2.24, 2.45) is 0 Å². The first-order valence-electron chi connectivity index (χ1n) is 6.82. The summed E-state index contributed by atoms with van der Waals surface area (Å²) in [5, 5.41) is 9.27. The quantitative estimate of drug-likeness (QED) is 0.907. The van der Waals surface area contributed by atoms with E-state index in [1.54, 1.807) is 6.07 Å². The van der Waals surface area contributed by atoms with E-state index in [4.69, 9.17) is 4.74 Å². The van der Waals surface area contributed by atoms with E-state index in [-0.39, 0.29) is 5.56 Å². The first-order valence-corrected chi connectivity index (χ1v) is 6.82. The normalized spacial score (nSPS) is 19.0. The Balaban J connectivity index is 2.42. The molecule has 1 atom stereocenters. The lowest BCUT2D eigenvalue weighted by molar-refractivity contribution is 0.0692. The first-order chi connectivity index (χ1) is 9.06. The van der Waals surface area contributed by atoms with Gasteiger partial charge in [-0.25, -0.2) is 4.79 Å². The third-order valence-corrected chi connectivity index (χ3v) is 3.75. The van der Waals surface area contributed by atoms with Crippen molar-refractivity contribution in [1.82, 2.24) is 4.90 Å². The molecule has 1 aliphatic rings. The van der Waals surface area contributed by atoms with Gasteiger partial charge in [-0.1, -0.05) is 6.92 Å². The molecular formula is C15H21NO3. The molecule has 0 radical (unpaired) electrons. The van der Waals surface area contributed by atoms with Gasteiger partial charge in [0.25, 0.3) is 0 Å². The maximum atomic E-state index is 11.3. The summed E-state index contributed by atoms with van der Waals surface area (Å²) < 4.78 is 5.46. The number of likely N-dealkylation sites (N-methyl/N-ethyl adjacent to an activating group) is 1. The van der Waals surface area contributed by atoms with Crippen molar-refractivity contribution in [2.75, 3.05) is 13.2 Å². The lowest BCUT2D eigenvalue weighted by atomic mass is 9.92. The van der Waals surface area contributed by atoms with Crippen molar-refractivity contribution >= 4 is 5.97 Å². The van der Waals surface area contributed by atoms with Gasteiger partial charge >= 0.3 is 5.97 Å². The van der Waals surface area contributed by atoms with Gasteiger partial charge < -0.3 is 9.84 Å². The van der Waals surface area contributed by atoms with Crippen LogP contribution in [0.25, 0.3) is 0 Å². The topological polar surface area (TPSA) is 49.8 Å². The molecule has 1 heterocycles. The fourth-order valence-electron chi connectivity index (χ4n) is 2.69. The van der Waals surface area contributed by atoms with Crippen molar-refractivity contribution in [3.05, 3.63) is 28.8 Å². The van der Waals surface area contributed by atoms with E-state index in [9.17, 15) is 9.90 Å². The van der Waals surface area contributed by atoms with Gasteiger partial charge in [0.2, 0.25) is 0 Å². The van der Waals surface area contributed by atoms with E-state index in [0.29, 0.717) is 18.4 Å². The molecule has 4 nitrogen and oxygen atoms in total. The number of aromatic carboxylic acids is 1. The lowest BCUT2D eigenvalue weighted by Gasteiger charge is -2.34. The minimum Gasteiger partial charge on any atom is -0.493 e. The van der Waals surface area contributed by atoms with E-state index < -0.39 is 5.97 Å². The maximum absolute atomic E-state index is 11.3. The van der Waals surface area contributed by atoms with Crippen molar-refractivity contribution < 1.29 is 14.6 Å². The standard InChI is InChI=1S/C15H21NO3/c1-4-16-9-12-8-14(19-5-2)13(15(17)18)7-11(12)6-10(16)3/h7-8,10H,4-6,9H2,1-3H3,(H,17,18). The van der Waals surface area contributed by atoms with Crippen LogP contribution in [0.4, 0.5) is 0 Å². The Bertz CT molecular complexity index is 485. The molecule has 0 bridgehead atoms. The summed E-state index contributed by atoms with van der Waals surface area (Å²) in [6.45, 7) is 8.55. The maximum Gasteiger partial charge on any atom is 0.339 e. The number of ether oxygens (including phenoxy) is 1. The molecule has 0 saturated heterocycles. The third kappa shape index (κ3) is 2.73. The fourth-order valence-corrected chi connectivity index (χ4v) is 2.69. The molecule has 1 aliphatic heterocycles. The van der Waals surface area contributed by atoms with Gasteiger partial charge in [0.15, 0.2) is 0 Å². The highest BCUT2D eigenvalue weighted by molar-refractivity contribution is 5.91. The predicted molar refractivity (Wildman–Crippen MR) is 73.8 cm³/mol. The van der Waals surface area contributed by atoms with Crippen LogP contribution in [0.5, 0.6) is 5.75 Å². The molecule has 0 saturated carbocycles. The number of fused-ring (bicyclic) bond motifs is 1. The molecular weight excluding hydrogens is 242 g/mol. The van der Waals surface area contributed by atoms with Crippen molar-refractivity contribution in [3.63, 3.8) is 0 Å². The Morgan fingerprint density at radius 2 is 2.16 bits per heavy atom. The van der Waals surface area contributed by atoms with E-state index in [1.165, 1.54) is 5.56 Å². The number of carboxylic acids is 1. The van der Waals surface area contributed by atoms with Crippen LogP contribution in [0.2, 0.25) is 0 Å². The van der Waals surface area contributed by atoms with Crippen LogP contribution in [0.1, 0.15) is 42.3 Å². The highest BCUT2D eigenvalue weighted by Crippen LogP contribution is 2.30. The molecule has 2 rings (SSSR count). The first kappa shape index (κ1) is 13.9. The van der Waals surface area contributed by atoms with Crippen LogP contribution >= 0.6 is 0 Å². The minimum absolute atomic E-state index is 0.276. The molecule has 1 N–H and O–H groups in total. The van der Waals surface area contributed by atoms with Crippen LogP contribution < -0.4 is 4.74 Å². The summed E-state index contributed by atoms with van der Waals surface area (Å²) in [6, 6.07) is 4.14. The zero-order chi connectivity index (χ0) is 14.0. The summed E-state index contributed by atoms with van der Waals surface area (Å²) >= 11 is 0. The van der Waals surface area contributed by atoms with Gasteiger partial charge in [0.1, 0.15) is 11.3 Å². The average Bonchev–Trinajstić information content (AvgIpc) is 2.37. The zero-order valence-corrected chi connectivity index (χ0v) is 11.8. The smallest absolute Gasteiger partial charge is 0.339 e. The molecule has 0 amide bonds. The number of hydrogen-bond acceptors (Lipinski definition) is 3. The van der Waals surface area contributed by atoms with E-state index >= 15 is 0 Å². The molecule has 104 valence electrons. The van der Waals surface area contributed by atoms with Gasteiger partial charge in [-0.15, -0.1) is 0 Å². The lowest BCUT2D eigenvalue weighted by Crippen LogP contribution is -2.38. The Morgan fingerprint density at radius 3 is 2.74 bits per heavy atom. The van der Waals surface area contributed by atoms with Crippen molar-refractivity contribution in [3.8, 4) is 5.75 Å². The Labute approximate surface area is 114 Å².